The summed E-state index contributed by atoms with van der Waals surface area (Å²) in [5.74, 6) is 1.30. The van der Waals surface area contributed by atoms with Gasteiger partial charge in [0.2, 0.25) is 5.89 Å². The lowest BCUT2D eigenvalue weighted by molar-refractivity contribution is 0.454. The average Bonchev–Trinajstić information content (AvgIpc) is 3.09. The summed E-state index contributed by atoms with van der Waals surface area (Å²) in [7, 11) is 0. The molecule has 2 N–H and O–H groups in total. The monoisotopic (exact) mass is 260 g/mol. The van der Waals surface area contributed by atoms with Gasteiger partial charge in [0.1, 0.15) is 6.54 Å². The molecular weight excluding hydrogens is 248 g/mol. The smallest absolute Gasteiger partial charge is 0.283 e. The summed E-state index contributed by atoms with van der Waals surface area (Å²) in [6.07, 6.45) is 3.30. The van der Waals surface area contributed by atoms with Gasteiger partial charge in [0.25, 0.3) is 5.89 Å². The zero-order valence-corrected chi connectivity index (χ0v) is 10.2. The highest BCUT2D eigenvalue weighted by Crippen LogP contribution is 2.18. The highest BCUT2D eigenvalue weighted by molar-refractivity contribution is 5.42. The molecule has 0 aliphatic carbocycles. The fourth-order valence-electron chi connectivity index (χ4n) is 1.56. The number of nitrogens with two attached hydrogens (primary N) is 1. The molecule has 19 heavy (non-hydrogen) atoms. The van der Waals surface area contributed by atoms with Crippen LogP contribution in [0.25, 0.3) is 11.7 Å². The molecule has 0 amide bonds. The minimum atomic E-state index is -0.157. The SMILES string of the molecule is CC(N)c1cn(Cc2nnc(-c3ccco3)o2)nn1. The van der Waals surface area contributed by atoms with E-state index in [4.69, 9.17) is 14.6 Å². The molecule has 8 nitrogen and oxygen atoms in total. The second kappa shape index (κ2) is 4.65. The molecule has 0 aliphatic rings. The van der Waals surface area contributed by atoms with Crippen LogP contribution < -0.4 is 5.73 Å². The standard InChI is InChI=1S/C11H12N6O2/c1-7(12)8-5-17(16-13-8)6-10-14-15-11(19-10)9-3-2-4-18-9/h2-5,7H,6,12H2,1H3. The largest absolute Gasteiger partial charge is 0.459 e. The fourth-order valence-corrected chi connectivity index (χ4v) is 1.56. The first-order valence-electron chi connectivity index (χ1n) is 5.74. The molecule has 3 aromatic rings. The number of aromatic nitrogens is 5. The van der Waals surface area contributed by atoms with Crippen LogP contribution in [0.2, 0.25) is 0 Å². The zero-order valence-electron chi connectivity index (χ0n) is 10.2. The Hall–Kier alpha value is -2.48. The molecule has 1 atom stereocenters. The Kier molecular flexibility index (Phi) is 2.84. The third-order valence-corrected chi connectivity index (χ3v) is 2.52. The van der Waals surface area contributed by atoms with Crippen molar-refractivity contribution in [3.05, 3.63) is 36.2 Å². The molecule has 3 rings (SSSR count). The maximum Gasteiger partial charge on any atom is 0.283 e. The van der Waals surface area contributed by atoms with Gasteiger partial charge in [-0.1, -0.05) is 5.21 Å². The molecule has 0 aromatic carbocycles. The molecule has 1 unspecified atom stereocenters. The van der Waals surface area contributed by atoms with Gasteiger partial charge in [-0.15, -0.1) is 15.3 Å². The molecular formula is C11H12N6O2. The molecule has 0 spiro atoms. The third kappa shape index (κ3) is 2.38. The Labute approximate surface area is 108 Å². The number of nitrogens with zero attached hydrogens (tertiary/aromatic N) is 5. The highest BCUT2D eigenvalue weighted by Gasteiger charge is 2.12. The average molecular weight is 260 g/mol. The first kappa shape index (κ1) is 11.6. The lowest BCUT2D eigenvalue weighted by atomic mass is 10.3. The summed E-state index contributed by atoms with van der Waals surface area (Å²) in [6.45, 7) is 2.18. The predicted octanol–water partition coefficient (Wildman–Crippen LogP) is 0.989. The summed E-state index contributed by atoms with van der Waals surface area (Å²) in [6, 6.07) is 3.35. The van der Waals surface area contributed by atoms with Crippen LogP contribution in [-0.4, -0.2) is 25.2 Å². The molecule has 3 heterocycles. The van der Waals surface area contributed by atoms with E-state index in [2.05, 4.69) is 20.5 Å². The van der Waals surface area contributed by atoms with Crippen LogP contribution in [0.15, 0.2) is 33.4 Å². The van der Waals surface area contributed by atoms with Crippen LogP contribution in [0.3, 0.4) is 0 Å². The predicted molar refractivity (Wildman–Crippen MR) is 63.7 cm³/mol. The van der Waals surface area contributed by atoms with E-state index in [1.54, 1.807) is 29.3 Å². The van der Waals surface area contributed by atoms with Gasteiger partial charge in [-0.05, 0) is 19.1 Å². The molecule has 0 saturated carbocycles. The number of rotatable bonds is 4. The van der Waals surface area contributed by atoms with Crippen LogP contribution >= 0.6 is 0 Å². The second-order valence-electron chi connectivity index (χ2n) is 4.11. The molecule has 8 heteroatoms. The topological polar surface area (TPSA) is 109 Å². The maximum atomic E-state index is 5.71. The van der Waals surface area contributed by atoms with Crippen molar-refractivity contribution in [2.45, 2.75) is 19.5 Å². The molecule has 0 aliphatic heterocycles. The number of furan rings is 1. The van der Waals surface area contributed by atoms with E-state index in [9.17, 15) is 0 Å². The summed E-state index contributed by atoms with van der Waals surface area (Å²) in [5.41, 5.74) is 6.42. The van der Waals surface area contributed by atoms with E-state index in [0.717, 1.165) is 0 Å². The van der Waals surface area contributed by atoms with Crippen LogP contribution in [0, 0.1) is 0 Å². The number of hydrogen-bond donors (Lipinski definition) is 1. The van der Waals surface area contributed by atoms with Crippen molar-refractivity contribution in [1.82, 2.24) is 25.2 Å². The second-order valence-corrected chi connectivity index (χ2v) is 4.11. The maximum absolute atomic E-state index is 5.71. The minimum Gasteiger partial charge on any atom is -0.459 e. The molecule has 0 fully saturated rings. The van der Waals surface area contributed by atoms with Crippen molar-refractivity contribution < 1.29 is 8.83 Å². The van der Waals surface area contributed by atoms with Crippen molar-refractivity contribution in [1.29, 1.82) is 0 Å². The Morgan fingerprint density at radius 1 is 1.37 bits per heavy atom. The van der Waals surface area contributed by atoms with Crippen molar-refractivity contribution in [3.63, 3.8) is 0 Å². The van der Waals surface area contributed by atoms with E-state index < -0.39 is 0 Å². The third-order valence-electron chi connectivity index (χ3n) is 2.52. The summed E-state index contributed by atoms with van der Waals surface area (Å²) >= 11 is 0. The van der Waals surface area contributed by atoms with Gasteiger partial charge in [-0.3, -0.25) is 0 Å². The van der Waals surface area contributed by atoms with Crippen LogP contribution in [-0.2, 0) is 6.54 Å². The zero-order chi connectivity index (χ0) is 13.2. The molecule has 98 valence electrons. The van der Waals surface area contributed by atoms with Crippen LogP contribution in [0.5, 0.6) is 0 Å². The Morgan fingerprint density at radius 2 is 2.26 bits per heavy atom. The van der Waals surface area contributed by atoms with Crippen molar-refractivity contribution >= 4 is 0 Å². The first-order valence-corrected chi connectivity index (χ1v) is 5.74. The molecule has 0 saturated heterocycles. The van der Waals surface area contributed by atoms with Crippen molar-refractivity contribution in [3.8, 4) is 11.7 Å². The van der Waals surface area contributed by atoms with Crippen molar-refractivity contribution in [2.24, 2.45) is 5.73 Å². The van der Waals surface area contributed by atoms with E-state index in [1.807, 2.05) is 6.92 Å². The summed E-state index contributed by atoms with van der Waals surface area (Å²) < 4.78 is 12.2. The quantitative estimate of drug-likeness (QED) is 0.744. The van der Waals surface area contributed by atoms with E-state index in [-0.39, 0.29) is 6.04 Å². The molecule has 0 bridgehead atoms. The van der Waals surface area contributed by atoms with Gasteiger partial charge in [-0.2, -0.15) is 0 Å². The van der Waals surface area contributed by atoms with Gasteiger partial charge >= 0.3 is 0 Å². The van der Waals surface area contributed by atoms with Gasteiger partial charge in [0, 0.05) is 6.04 Å². The van der Waals surface area contributed by atoms with Gasteiger partial charge < -0.3 is 14.6 Å². The van der Waals surface area contributed by atoms with Gasteiger partial charge in [-0.25, -0.2) is 4.68 Å². The first-order chi connectivity index (χ1) is 9.22. The van der Waals surface area contributed by atoms with Crippen LogP contribution in [0.4, 0.5) is 0 Å². The van der Waals surface area contributed by atoms with Gasteiger partial charge in [0.05, 0.1) is 18.2 Å². The van der Waals surface area contributed by atoms with E-state index in [1.165, 1.54) is 0 Å². The molecule has 3 aromatic heterocycles. The highest BCUT2D eigenvalue weighted by atomic mass is 16.4. The normalized spacial score (nSPS) is 12.7. The van der Waals surface area contributed by atoms with E-state index >= 15 is 0 Å². The summed E-state index contributed by atoms with van der Waals surface area (Å²) in [4.78, 5) is 0. The van der Waals surface area contributed by atoms with Gasteiger partial charge in [0.15, 0.2) is 5.76 Å². The molecule has 0 radical (unpaired) electrons. The van der Waals surface area contributed by atoms with Crippen molar-refractivity contribution in [2.75, 3.05) is 0 Å². The summed E-state index contributed by atoms with van der Waals surface area (Å²) in [5, 5.41) is 15.7. The fraction of sp³-hybridized carbons (Fsp3) is 0.273. The van der Waals surface area contributed by atoms with E-state index in [0.29, 0.717) is 29.8 Å². The Morgan fingerprint density at radius 3 is 2.95 bits per heavy atom. The Balaban J connectivity index is 1.76. The minimum absolute atomic E-state index is 0.157. The lowest BCUT2D eigenvalue weighted by Gasteiger charge is -1.96. The van der Waals surface area contributed by atoms with Crippen LogP contribution in [0.1, 0.15) is 24.6 Å². The lowest BCUT2D eigenvalue weighted by Crippen LogP contribution is -2.05. The Bertz CT molecular complexity index is 654. The number of hydrogen-bond acceptors (Lipinski definition) is 7.